The lowest BCUT2D eigenvalue weighted by Crippen LogP contribution is -2.04. The third kappa shape index (κ3) is 2.32. The molecule has 0 atom stereocenters. The van der Waals surface area contributed by atoms with Gasteiger partial charge in [-0.15, -0.1) is 9.90 Å². The van der Waals surface area contributed by atoms with Crippen molar-refractivity contribution in [1.82, 2.24) is 15.0 Å². The molecular formula is C14H15N7. The van der Waals surface area contributed by atoms with Gasteiger partial charge in [0.25, 0.3) is 0 Å². The molecule has 21 heavy (non-hydrogen) atoms. The Morgan fingerprint density at radius 2 is 1.48 bits per heavy atom. The summed E-state index contributed by atoms with van der Waals surface area (Å²) in [6, 6.07) is 10.4. The van der Waals surface area contributed by atoms with Gasteiger partial charge in [-0.1, -0.05) is 0 Å². The van der Waals surface area contributed by atoms with Gasteiger partial charge in [0.2, 0.25) is 0 Å². The summed E-state index contributed by atoms with van der Waals surface area (Å²) in [7, 11) is 0. The van der Waals surface area contributed by atoms with E-state index in [2.05, 4.69) is 10.2 Å². The molecule has 106 valence electrons. The second kappa shape index (κ2) is 4.71. The molecule has 7 heteroatoms. The summed E-state index contributed by atoms with van der Waals surface area (Å²) in [4.78, 5) is 1.44. The Morgan fingerprint density at radius 1 is 0.810 bits per heavy atom. The minimum absolute atomic E-state index is 0.502. The zero-order chi connectivity index (χ0) is 15.0. The van der Waals surface area contributed by atoms with Crippen molar-refractivity contribution in [2.24, 2.45) is 0 Å². The molecule has 2 aromatic carbocycles. The third-order valence-electron chi connectivity index (χ3n) is 3.11. The highest BCUT2D eigenvalue weighted by molar-refractivity contribution is 5.76. The van der Waals surface area contributed by atoms with Gasteiger partial charge < -0.3 is 22.9 Å². The molecule has 0 amide bonds. The molecular weight excluding hydrogens is 266 g/mol. The number of anilines is 4. The van der Waals surface area contributed by atoms with Crippen LogP contribution in [-0.2, 0) is 0 Å². The molecule has 0 saturated heterocycles. The van der Waals surface area contributed by atoms with Gasteiger partial charge in [0.15, 0.2) is 0 Å². The number of aromatic nitrogens is 3. The zero-order valence-electron chi connectivity index (χ0n) is 11.2. The summed E-state index contributed by atoms with van der Waals surface area (Å²) < 4.78 is 0. The molecule has 0 unspecified atom stereocenters. The number of nitrogens with two attached hydrogens (primary N) is 4. The van der Waals surface area contributed by atoms with Gasteiger partial charge in [-0.05, 0) is 36.4 Å². The highest BCUT2D eigenvalue weighted by Crippen LogP contribution is 2.26. The van der Waals surface area contributed by atoms with Crippen LogP contribution in [0.4, 0.5) is 22.7 Å². The van der Waals surface area contributed by atoms with Crippen molar-refractivity contribution in [3.8, 4) is 16.9 Å². The lowest BCUT2D eigenvalue weighted by Gasteiger charge is -2.05. The summed E-state index contributed by atoms with van der Waals surface area (Å²) >= 11 is 0. The van der Waals surface area contributed by atoms with Crippen LogP contribution in [0.25, 0.3) is 16.9 Å². The van der Waals surface area contributed by atoms with Crippen molar-refractivity contribution < 1.29 is 0 Å². The SMILES string of the molecule is Nc1ccc(-c2cnn(-c3ccc(N)cc3N)n2)c(N)c1. The van der Waals surface area contributed by atoms with Crippen molar-refractivity contribution in [2.75, 3.05) is 22.9 Å². The molecule has 0 bridgehead atoms. The Kier molecular flexibility index (Phi) is 2.87. The Labute approximate surface area is 121 Å². The van der Waals surface area contributed by atoms with E-state index in [9.17, 15) is 0 Å². The zero-order valence-corrected chi connectivity index (χ0v) is 11.2. The molecule has 1 heterocycles. The van der Waals surface area contributed by atoms with Crippen LogP contribution < -0.4 is 22.9 Å². The van der Waals surface area contributed by atoms with E-state index >= 15 is 0 Å². The van der Waals surface area contributed by atoms with Gasteiger partial charge in [0, 0.05) is 22.6 Å². The monoisotopic (exact) mass is 281 g/mol. The maximum Gasteiger partial charge on any atom is 0.115 e. The van der Waals surface area contributed by atoms with Crippen LogP contribution in [0.1, 0.15) is 0 Å². The molecule has 3 aromatic rings. The van der Waals surface area contributed by atoms with Crippen LogP contribution in [0.15, 0.2) is 42.6 Å². The second-order valence-electron chi connectivity index (χ2n) is 4.68. The van der Waals surface area contributed by atoms with E-state index < -0.39 is 0 Å². The summed E-state index contributed by atoms with van der Waals surface area (Å²) in [5, 5.41) is 8.61. The van der Waals surface area contributed by atoms with E-state index in [1.165, 1.54) is 4.80 Å². The van der Waals surface area contributed by atoms with Gasteiger partial charge in [-0.2, -0.15) is 5.10 Å². The van der Waals surface area contributed by atoms with Crippen LogP contribution in [0.5, 0.6) is 0 Å². The van der Waals surface area contributed by atoms with Gasteiger partial charge in [0.1, 0.15) is 11.4 Å². The van der Waals surface area contributed by atoms with Crippen LogP contribution in [0, 0.1) is 0 Å². The van der Waals surface area contributed by atoms with Crippen molar-refractivity contribution in [3.63, 3.8) is 0 Å². The summed E-state index contributed by atoms with van der Waals surface area (Å²) in [5.41, 5.74) is 27.6. The number of nitrogen functional groups attached to an aromatic ring is 4. The quantitative estimate of drug-likeness (QED) is 0.522. The Balaban J connectivity index is 2.03. The smallest absolute Gasteiger partial charge is 0.115 e. The van der Waals surface area contributed by atoms with Crippen LogP contribution in [-0.4, -0.2) is 15.0 Å². The average molecular weight is 281 g/mol. The highest BCUT2D eigenvalue weighted by Gasteiger charge is 2.10. The van der Waals surface area contributed by atoms with Gasteiger partial charge in [-0.25, -0.2) is 0 Å². The van der Waals surface area contributed by atoms with Gasteiger partial charge in [0.05, 0.1) is 11.9 Å². The lowest BCUT2D eigenvalue weighted by atomic mass is 10.1. The molecule has 0 aliphatic rings. The summed E-state index contributed by atoms with van der Waals surface area (Å²) in [6.45, 7) is 0. The predicted octanol–water partition coefficient (Wildman–Crippen LogP) is 1.26. The molecule has 0 aliphatic heterocycles. The van der Waals surface area contributed by atoms with E-state index in [1.54, 1.807) is 36.5 Å². The molecule has 8 N–H and O–H groups in total. The maximum absolute atomic E-state index is 5.95. The fourth-order valence-corrected chi connectivity index (χ4v) is 2.07. The largest absolute Gasteiger partial charge is 0.399 e. The highest BCUT2D eigenvalue weighted by atomic mass is 15.5. The first-order valence-electron chi connectivity index (χ1n) is 6.27. The van der Waals surface area contributed by atoms with Crippen LogP contribution >= 0.6 is 0 Å². The number of benzene rings is 2. The van der Waals surface area contributed by atoms with E-state index in [0.717, 1.165) is 5.56 Å². The van der Waals surface area contributed by atoms with Crippen LogP contribution in [0.2, 0.25) is 0 Å². The first kappa shape index (κ1) is 12.8. The van der Waals surface area contributed by atoms with Gasteiger partial charge in [-0.3, -0.25) is 0 Å². The number of rotatable bonds is 2. The lowest BCUT2D eigenvalue weighted by molar-refractivity contribution is 0.756. The summed E-state index contributed by atoms with van der Waals surface area (Å²) in [6.07, 6.45) is 1.62. The van der Waals surface area contributed by atoms with Crippen molar-refractivity contribution in [3.05, 3.63) is 42.6 Å². The number of nitrogens with zero attached hydrogens (tertiary/aromatic N) is 3. The van der Waals surface area contributed by atoms with Crippen molar-refractivity contribution in [2.45, 2.75) is 0 Å². The van der Waals surface area contributed by atoms with Crippen LogP contribution in [0.3, 0.4) is 0 Å². The molecule has 0 saturated carbocycles. The fraction of sp³-hybridized carbons (Fsp3) is 0. The first-order chi connectivity index (χ1) is 10.0. The van der Waals surface area contributed by atoms with E-state index in [0.29, 0.717) is 34.1 Å². The van der Waals surface area contributed by atoms with Crippen molar-refractivity contribution >= 4 is 22.7 Å². The number of hydrogen-bond acceptors (Lipinski definition) is 6. The maximum atomic E-state index is 5.95. The van der Waals surface area contributed by atoms with E-state index in [4.69, 9.17) is 22.9 Å². The molecule has 3 rings (SSSR count). The second-order valence-corrected chi connectivity index (χ2v) is 4.68. The molecule has 0 radical (unpaired) electrons. The Morgan fingerprint density at radius 3 is 2.14 bits per heavy atom. The predicted molar refractivity (Wildman–Crippen MR) is 84.4 cm³/mol. The average Bonchev–Trinajstić information content (AvgIpc) is 2.87. The third-order valence-corrected chi connectivity index (χ3v) is 3.11. The molecule has 0 spiro atoms. The van der Waals surface area contributed by atoms with Crippen molar-refractivity contribution in [1.29, 1.82) is 0 Å². The normalized spacial score (nSPS) is 10.7. The topological polar surface area (TPSA) is 135 Å². The minimum atomic E-state index is 0.502. The van der Waals surface area contributed by atoms with Gasteiger partial charge >= 0.3 is 0 Å². The Bertz CT molecular complexity index is 741. The summed E-state index contributed by atoms with van der Waals surface area (Å²) in [5.74, 6) is 0. The molecule has 7 nitrogen and oxygen atoms in total. The standard InChI is InChI=1S/C14H15N7/c15-8-1-3-10(11(17)5-8)13-7-19-21(20-13)14-4-2-9(16)6-12(14)18/h1-7H,15-18H2. The first-order valence-corrected chi connectivity index (χ1v) is 6.27. The molecule has 0 aliphatic carbocycles. The Hall–Kier alpha value is -3.22. The number of hydrogen-bond donors (Lipinski definition) is 4. The minimum Gasteiger partial charge on any atom is -0.399 e. The molecule has 1 aromatic heterocycles. The molecule has 0 fully saturated rings. The van der Waals surface area contributed by atoms with E-state index in [1.807, 2.05) is 6.07 Å². The van der Waals surface area contributed by atoms with E-state index in [-0.39, 0.29) is 0 Å². The fourth-order valence-electron chi connectivity index (χ4n) is 2.07.